The molecule has 1 heterocycles. The molecule has 3 aromatic rings. The maximum Gasteiger partial charge on any atom is 0.261 e. The van der Waals surface area contributed by atoms with E-state index in [9.17, 15) is 9.59 Å². The molecule has 0 atom stereocenters. The molecule has 4 rings (SSSR count). The lowest BCUT2D eigenvalue weighted by atomic mass is 10.1. The molecule has 0 unspecified atom stereocenters. The van der Waals surface area contributed by atoms with E-state index in [1.807, 2.05) is 24.3 Å². The van der Waals surface area contributed by atoms with Crippen LogP contribution in [0.5, 0.6) is 0 Å². The maximum absolute atomic E-state index is 12.6. The first-order valence-electron chi connectivity index (χ1n) is 11.2. The van der Waals surface area contributed by atoms with Crippen molar-refractivity contribution in [1.82, 2.24) is 4.90 Å². The third-order valence-electron chi connectivity index (χ3n) is 6.15. The fraction of sp³-hybridized carbons (Fsp3) is 0.214. The van der Waals surface area contributed by atoms with Gasteiger partial charge in [0.25, 0.3) is 20.1 Å². The summed E-state index contributed by atoms with van der Waals surface area (Å²) in [7, 11) is -2.61. The second kappa shape index (κ2) is 9.30. The van der Waals surface area contributed by atoms with Crippen LogP contribution in [0.25, 0.3) is 0 Å². The minimum absolute atomic E-state index is 0.105. The third kappa shape index (κ3) is 4.22. The number of benzene rings is 3. The normalized spacial score (nSPS) is 14.2. The van der Waals surface area contributed by atoms with Gasteiger partial charge < -0.3 is 4.43 Å². The van der Waals surface area contributed by atoms with Crippen LogP contribution in [0.15, 0.2) is 97.1 Å². The van der Waals surface area contributed by atoms with Gasteiger partial charge in [-0.05, 0) is 27.5 Å². The molecule has 33 heavy (non-hydrogen) atoms. The molecule has 5 heteroatoms. The summed E-state index contributed by atoms with van der Waals surface area (Å²) in [6.45, 7) is 7.35. The van der Waals surface area contributed by atoms with Crippen molar-refractivity contribution in [3.05, 3.63) is 108 Å². The van der Waals surface area contributed by atoms with Crippen molar-refractivity contribution in [1.29, 1.82) is 0 Å². The van der Waals surface area contributed by atoms with E-state index in [0.717, 1.165) is 0 Å². The highest BCUT2D eigenvalue weighted by Crippen LogP contribution is 2.36. The van der Waals surface area contributed by atoms with E-state index in [2.05, 4.69) is 69.3 Å². The largest absolute Gasteiger partial charge is 0.404 e. The van der Waals surface area contributed by atoms with E-state index in [4.69, 9.17) is 4.43 Å². The number of hydrogen-bond donors (Lipinski definition) is 0. The fourth-order valence-corrected chi connectivity index (χ4v) is 9.09. The number of carbonyl (C=O) groups is 2. The predicted octanol–water partition coefficient (Wildman–Crippen LogP) is 4.42. The highest BCUT2D eigenvalue weighted by atomic mass is 28.4. The lowest BCUT2D eigenvalue weighted by Gasteiger charge is -2.42. The average molecular weight is 456 g/mol. The van der Waals surface area contributed by atoms with Gasteiger partial charge in [-0.25, -0.2) is 0 Å². The van der Waals surface area contributed by atoms with Crippen molar-refractivity contribution in [3.8, 4) is 0 Å². The Morgan fingerprint density at radius 1 is 0.727 bits per heavy atom. The number of nitrogens with zero attached hydrogens (tertiary/aromatic N) is 1. The van der Waals surface area contributed by atoms with E-state index < -0.39 is 8.32 Å². The molecular formula is C28H29NO3Si. The topological polar surface area (TPSA) is 46.6 Å². The van der Waals surface area contributed by atoms with Crippen molar-refractivity contribution >= 4 is 30.5 Å². The monoisotopic (exact) mass is 455 g/mol. The molecule has 0 bridgehead atoms. The zero-order valence-electron chi connectivity index (χ0n) is 19.3. The van der Waals surface area contributed by atoms with Crippen molar-refractivity contribution in [3.63, 3.8) is 0 Å². The Morgan fingerprint density at radius 3 is 1.64 bits per heavy atom. The molecule has 0 fully saturated rings. The van der Waals surface area contributed by atoms with Crippen LogP contribution < -0.4 is 10.4 Å². The summed E-state index contributed by atoms with van der Waals surface area (Å²) < 4.78 is 6.81. The van der Waals surface area contributed by atoms with Gasteiger partial charge in [-0.15, -0.1) is 0 Å². The second-order valence-electron chi connectivity index (χ2n) is 9.21. The van der Waals surface area contributed by atoms with Gasteiger partial charge >= 0.3 is 0 Å². The highest BCUT2D eigenvalue weighted by Gasteiger charge is 2.49. The predicted molar refractivity (Wildman–Crippen MR) is 135 cm³/mol. The molecule has 1 aliphatic heterocycles. The van der Waals surface area contributed by atoms with E-state index in [1.165, 1.54) is 15.3 Å². The molecular weight excluding hydrogens is 426 g/mol. The third-order valence-corrected chi connectivity index (χ3v) is 11.2. The van der Waals surface area contributed by atoms with Gasteiger partial charge in [0.05, 0.1) is 17.7 Å². The highest BCUT2D eigenvalue weighted by molar-refractivity contribution is 6.99. The first kappa shape index (κ1) is 22.9. The van der Waals surface area contributed by atoms with Crippen LogP contribution in [0.4, 0.5) is 0 Å². The summed E-state index contributed by atoms with van der Waals surface area (Å²) in [6, 6.07) is 27.9. The van der Waals surface area contributed by atoms with Crippen LogP contribution in [-0.4, -0.2) is 38.2 Å². The van der Waals surface area contributed by atoms with Gasteiger partial charge in [-0.2, -0.15) is 0 Å². The minimum atomic E-state index is -2.61. The van der Waals surface area contributed by atoms with Gasteiger partial charge in [-0.1, -0.05) is 106 Å². The first-order chi connectivity index (χ1) is 15.9. The molecule has 0 saturated heterocycles. The zero-order chi connectivity index (χ0) is 23.5. The number of fused-ring (bicyclic) bond motifs is 1. The molecule has 0 aliphatic carbocycles. The van der Waals surface area contributed by atoms with Crippen LogP contribution in [-0.2, 0) is 4.43 Å². The molecule has 3 aromatic carbocycles. The first-order valence-corrected chi connectivity index (χ1v) is 13.1. The minimum Gasteiger partial charge on any atom is -0.404 e. The maximum atomic E-state index is 12.6. The fourth-order valence-electron chi connectivity index (χ4n) is 4.59. The van der Waals surface area contributed by atoms with Crippen LogP contribution in [0.2, 0.25) is 5.04 Å². The van der Waals surface area contributed by atoms with Crippen molar-refractivity contribution < 1.29 is 14.0 Å². The van der Waals surface area contributed by atoms with Crippen LogP contribution in [0.3, 0.4) is 0 Å². The van der Waals surface area contributed by atoms with E-state index in [0.29, 0.717) is 17.7 Å². The number of imide groups is 1. The summed E-state index contributed by atoms with van der Waals surface area (Å²) in [5, 5.41) is 2.33. The SMILES string of the molecule is CC(C)(C)[Si](OC/C=C/CN1C(=O)c2ccccc2C1=O)(c1ccccc1)c1ccccc1. The Hall–Kier alpha value is -3.28. The van der Waals surface area contributed by atoms with Crippen LogP contribution in [0.1, 0.15) is 41.5 Å². The average Bonchev–Trinajstić information content (AvgIpc) is 3.06. The molecule has 4 nitrogen and oxygen atoms in total. The number of hydrogen-bond acceptors (Lipinski definition) is 3. The summed E-state index contributed by atoms with van der Waals surface area (Å²) in [4.78, 5) is 26.4. The van der Waals surface area contributed by atoms with Gasteiger partial charge in [0.15, 0.2) is 0 Å². The number of amides is 2. The Bertz CT molecular complexity index is 1090. The Morgan fingerprint density at radius 2 is 1.18 bits per heavy atom. The van der Waals surface area contributed by atoms with Crippen molar-refractivity contribution in [2.24, 2.45) is 0 Å². The number of rotatable bonds is 7. The van der Waals surface area contributed by atoms with Gasteiger partial charge in [0.1, 0.15) is 0 Å². The number of carbonyl (C=O) groups excluding carboxylic acids is 2. The van der Waals surface area contributed by atoms with E-state index in [-0.39, 0.29) is 23.4 Å². The van der Waals surface area contributed by atoms with Crippen LogP contribution in [0, 0.1) is 0 Å². The quantitative estimate of drug-likeness (QED) is 0.301. The lowest BCUT2D eigenvalue weighted by Crippen LogP contribution is -2.66. The molecule has 0 aromatic heterocycles. The van der Waals surface area contributed by atoms with Crippen molar-refractivity contribution in [2.75, 3.05) is 13.2 Å². The van der Waals surface area contributed by atoms with Crippen molar-refractivity contribution in [2.45, 2.75) is 25.8 Å². The van der Waals surface area contributed by atoms with Gasteiger partial charge in [-0.3, -0.25) is 14.5 Å². The molecule has 2 amide bonds. The molecule has 0 saturated carbocycles. The van der Waals surface area contributed by atoms with Gasteiger partial charge in [0, 0.05) is 6.54 Å². The van der Waals surface area contributed by atoms with E-state index >= 15 is 0 Å². The molecule has 0 N–H and O–H groups in total. The standard InChI is InChI=1S/C28H29NO3Si/c1-28(2,3)33(22-14-6-4-7-15-22,23-16-8-5-9-17-23)32-21-13-12-20-29-26(30)24-18-10-11-19-25(24)27(29)31/h4-19H,20-21H2,1-3H3/b13-12+. The summed E-state index contributed by atoms with van der Waals surface area (Å²) in [6.07, 6.45) is 3.77. The summed E-state index contributed by atoms with van der Waals surface area (Å²) >= 11 is 0. The lowest BCUT2D eigenvalue weighted by molar-refractivity contribution is 0.0671. The summed E-state index contributed by atoms with van der Waals surface area (Å²) in [5.74, 6) is -0.485. The Labute approximate surface area is 196 Å². The smallest absolute Gasteiger partial charge is 0.261 e. The van der Waals surface area contributed by atoms with E-state index in [1.54, 1.807) is 24.3 Å². The van der Waals surface area contributed by atoms with Crippen LogP contribution >= 0.6 is 0 Å². The second-order valence-corrected chi connectivity index (χ2v) is 13.5. The molecule has 0 spiro atoms. The zero-order valence-corrected chi connectivity index (χ0v) is 20.3. The molecule has 1 aliphatic rings. The molecule has 168 valence electrons. The molecule has 0 radical (unpaired) electrons. The summed E-state index contributed by atoms with van der Waals surface area (Å²) in [5.41, 5.74) is 0.943. The Balaban J connectivity index is 1.55. The Kier molecular flexibility index (Phi) is 6.45. The van der Waals surface area contributed by atoms with Gasteiger partial charge in [0.2, 0.25) is 0 Å².